The summed E-state index contributed by atoms with van der Waals surface area (Å²) in [7, 11) is 1.32. The number of carbonyl (C=O) groups is 3. The fourth-order valence-corrected chi connectivity index (χ4v) is 4.35. The van der Waals surface area contributed by atoms with Gasteiger partial charge in [-0.25, -0.2) is 15.2 Å². The van der Waals surface area contributed by atoms with Crippen LogP contribution in [0.5, 0.6) is 11.5 Å². The number of aromatic nitrogens is 1. The Morgan fingerprint density at radius 1 is 0.950 bits per heavy atom. The van der Waals surface area contributed by atoms with Crippen molar-refractivity contribution < 1.29 is 28.6 Å². The molecule has 14 heteroatoms. The van der Waals surface area contributed by atoms with Crippen LogP contribution in [-0.2, 0) is 9.53 Å². The van der Waals surface area contributed by atoms with Crippen LogP contribution < -0.4 is 20.2 Å². The Balaban J connectivity index is 1.86. The van der Waals surface area contributed by atoms with E-state index in [0.717, 1.165) is 0 Å². The zero-order valence-corrected chi connectivity index (χ0v) is 24.3. The molecular weight excluding hydrogens is 606 g/mol. The van der Waals surface area contributed by atoms with Crippen LogP contribution in [0.4, 0.5) is 4.79 Å². The second-order valence-corrected chi connectivity index (χ2v) is 9.67. The number of amides is 2. The van der Waals surface area contributed by atoms with Crippen LogP contribution in [0.2, 0.25) is 20.1 Å². The molecule has 0 bridgehead atoms. The number of hydrogen-bond donors (Lipinski definition) is 2. The summed E-state index contributed by atoms with van der Waals surface area (Å²) in [5.41, 5.74) is 3.29. The number of methoxy groups -OCH3 is 1. The lowest BCUT2D eigenvalue weighted by Crippen LogP contribution is -2.44. The fraction of sp³-hybridized carbons (Fsp3) is 0.192. The van der Waals surface area contributed by atoms with E-state index in [9.17, 15) is 14.4 Å². The van der Waals surface area contributed by atoms with Gasteiger partial charge in [-0.3, -0.25) is 9.59 Å². The molecule has 2 aromatic carbocycles. The van der Waals surface area contributed by atoms with Gasteiger partial charge in [0.1, 0.15) is 6.04 Å². The molecule has 1 atom stereocenters. The number of hydrazone groups is 1. The molecule has 0 saturated carbocycles. The molecular formula is C26H22Cl4N4O6. The summed E-state index contributed by atoms with van der Waals surface area (Å²) in [6, 6.07) is 9.73. The maximum Gasteiger partial charge on any atom is 0.514 e. The van der Waals surface area contributed by atoms with Gasteiger partial charge in [-0.1, -0.05) is 46.4 Å². The van der Waals surface area contributed by atoms with Crippen molar-refractivity contribution >= 4 is 70.1 Å². The van der Waals surface area contributed by atoms with Crippen molar-refractivity contribution in [2.75, 3.05) is 13.7 Å². The first-order chi connectivity index (χ1) is 19.0. The largest absolute Gasteiger partial charge is 0.514 e. The molecule has 0 saturated heterocycles. The number of benzene rings is 2. The summed E-state index contributed by atoms with van der Waals surface area (Å²) < 4.78 is 15.0. The summed E-state index contributed by atoms with van der Waals surface area (Å²) in [5.74, 6) is -1.74. The third-order valence-electron chi connectivity index (χ3n) is 5.04. The molecule has 0 fully saturated rings. The molecule has 3 rings (SSSR count). The van der Waals surface area contributed by atoms with Gasteiger partial charge in [-0.15, -0.1) is 0 Å². The standard InChI is InChI=1S/C26H22Cl4N4O6/c1-4-39-26(37)40-23-20(38-3)5-6-31-22(23)25(36)32-13(2)24(35)34-33-21(14-7-16(27)11-17(28)8-14)15-9-18(29)12-19(30)10-15/h5-13H,4H2,1-3H3,(H,32,36)(H,34,35)/t13-/m0/s1. The van der Waals surface area contributed by atoms with Gasteiger partial charge in [-0.2, -0.15) is 5.10 Å². The molecule has 3 aromatic rings. The molecule has 210 valence electrons. The van der Waals surface area contributed by atoms with Crippen LogP contribution in [0.25, 0.3) is 0 Å². The minimum Gasteiger partial charge on any atom is -0.493 e. The van der Waals surface area contributed by atoms with Gasteiger partial charge in [0.2, 0.25) is 5.75 Å². The highest BCUT2D eigenvalue weighted by atomic mass is 35.5. The maximum atomic E-state index is 13.0. The van der Waals surface area contributed by atoms with E-state index in [4.69, 9.17) is 60.6 Å². The third-order valence-corrected chi connectivity index (χ3v) is 5.91. The minimum atomic E-state index is -1.12. The lowest BCUT2D eigenvalue weighted by atomic mass is 10.0. The Kier molecular flexibility index (Phi) is 11.0. The lowest BCUT2D eigenvalue weighted by Gasteiger charge is -2.16. The number of ether oxygens (including phenoxy) is 3. The van der Waals surface area contributed by atoms with E-state index in [2.05, 4.69) is 20.8 Å². The van der Waals surface area contributed by atoms with Crippen LogP contribution in [-0.4, -0.2) is 48.4 Å². The first kappa shape index (κ1) is 31.0. The zero-order chi connectivity index (χ0) is 29.4. The van der Waals surface area contributed by atoms with Crippen LogP contribution in [0.1, 0.15) is 35.5 Å². The number of nitrogens with one attached hydrogen (secondary N) is 2. The molecule has 40 heavy (non-hydrogen) atoms. The van der Waals surface area contributed by atoms with Gasteiger partial charge < -0.3 is 19.5 Å². The molecule has 1 heterocycles. The number of hydrogen-bond acceptors (Lipinski definition) is 8. The second-order valence-electron chi connectivity index (χ2n) is 7.92. The number of pyridine rings is 1. The topological polar surface area (TPSA) is 128 Å². The Morgan fingerprint density at radius 2 is 1.50 bits per heavy atom. The van der Waals surface area contributed by atoms with Crippen molar-refractivity contribution in [3.8, 4) is 11.5 Å². The van der Waals surface area contributed by atoms with Crippen molar-refractivity contribution in [3.05, 3.63) is 85.6 Å². The second kappa shape index (κ2) is 14.2. The summed E-state index contributed by atoms with van der Waals surface area (Å²) in [4.78, 5) is 41.8. The predicted octanol–water partition coefficient (Wildman–Crippen LogP) is 5.93. The van der Waals surface area contributed by atoms with Crippen molar-refractivity contribution in [1.29, 1.82) is 0 Å². The third kappa shape index (κ3) is 8.22. The summed E-state index contributed by atoms with van der Waals surface area (Å²) >= 11 is 24.7. The van der Waals surface area contributed by atoms with E-state index in [1.54, 1.807) is 31.2 Å². The van der Waals surface area contributed by atoms with Gasteiger partial charge in [0.25, 0.3) is 11.8 Å². The van der Waals surface area contributed by atoms with E-state index in [0.29, 0.717) is 31.2 Å². The van der Waals surface area contributed by atoms with E-state index >= 15 is 0 Å². The van der Waals surface area contributed by atoms with E-state index in [-0.39, 0.29) is 29.5 Å². The van der Waals surface area contributed by atoms with Crippen LogP contribution in [0, 0.1) is 0 Å². The summed E-state index contributed by atoms with van der Waals surface area (Å²) in [5, 5.41) is 8.06. The van der Waals surface area contributed by atoms with Gasteiger partial charge in [0.05, 0.1) is 19.4 Å². The molecule has 0 unspecified atom stereocenters. The highest BCUT2D eigenvalue weighted by Crippen LogP contribution is 2.30. The van der Waals surface area contributed by atoms with Crippen molar-refractivity contribution in [2.45, 2.75) is 19.9 Å². The lowest BCUT2D eigenvalue weighted by molar-refractivity contribution is -0.122. The molecule has 1 aromatic heterocycles. The molecule has 0 aliphatic carbocycles. The zero-order valence-electron chi connectivity index (χ0n) is 21.3. The van der Waals surface area contributed by atoms with Crippen LogP contribution in [0.3, 0.4) is 0 Å². The highest BCUT2D eigenvalue weighted by Gasteiger charge is 2.25. The summed E-state index contributed by atoms with van der Waals surface area (Å²) in [6.07, 6.45) is 0.219. The van der Waals surface area contributed by atoms with Gasteiger partial charge >= 0.3 is 6.16 Å². The van der Waals surface area contributed by atoms with Crippen molar-refractivity contribution in [2.24, 2.45) is 5.10 Å². The molecule has 10 nitrogen and oxygen atoms in total. The molecule has 0 radical (unpaired) electrons. The van der Waals surface area contributed by atoms with E-state index in [1.807, 2.05) is 0 Å². The number of halogens is 4. The number of nitrogens with zero attached hydrogens (tertiary/aromatic N) is 2. The highest BCUT2D eigenvalue weighted by molar-refractivity contribution is 6.37. The van der Waals surface area contributed by atoms with Crippen molar-refractivity contribution in [3.63, 3.8) is 0 Å². The Hall–Kier alpha value is -3.57. The molecule has 0 spiro atoms. The van der Waals surface area contributed by atoms with Crippen molar-refractivity contribution in [1.82, 2.24) is 15.7 Å². The Labute approximate surface area is 249 Å². The number of carbonyl (C=O) groups excluding carboxylic acids is 3. The molecule has 0 aliphatic heterocycles. The Morgan fingerprint density at radius 3 is 2.00 bits per heavy atom. The number of rotatable bonds is 9. The summed E-state index contributed by atoms with van der Waals surface area (Å²) in [6.45, 7) is 3.05. The quantitative estimate of drug-likeness (QED) is 0.171. The first-order valence-corrected chi connectivity index (χ1v) is 13.0. The van der Waals surface area contributed by atoms with E-state index < -0.39 is 24.0 Å². The van der Waals surface area contributed by atoms with Gasteiger partial charge in [0, 0.05) is 43.5 Å². The minimum absolute atomic E-state index is 0.0471. The van der Waals surface area contributed by atoms with E-state index in [1.165, 1.54) is 38.4 Å². The molecule has 0 aliphatic rings. The normalized spacial score (nSPS) is 11.2. The Bertz CT molecular complexity index is 1370. The van der Waals surface area contributed by atoms with Gasteiger partial charge in [-0.05, 0) is 50.2 Å². The SMILES string of the molecule is CCOC(=O)Oc1c(OC)ccnc1C(=O)N[C@@H](C)C(=O)NN=C(c1cc(Cl)cc(Cl)c1)c1cc(Cl)cc(Cl)c1. The smallest absolute Gasteiger partial charge is 0.493 e. The average Bonchev–Trinajstić information content (AvgIpc) is 2.87. The maximum absolute atomic E-state index is 13.0. The monoisotopic (exact) mass is 626 g/mol. The molecule has 2 N–H and O–H groups in total. The predicted molar refractivity (Wildman–Crippen MR) is 152 cm³/mol. The fourth-order valence-electron chi connectivity index (χ4n) is 3.30. The van der Waals surface area contributed by atoms with Crippen LogP contribution in [0.15, 0.2) is 53.8 Å². The van der Waals surface area contributed by atoms with Gasteiger partial charge in [0.15, 0.2) is 11.4 Å². The average molecular weight is 628 g/mol. The molecule has 2 amide bonds. The first-order valence-electron chi connectivity index (χ1n) is 11.5. The van der Waals surface area contributed by atoms with Crippen LogP contribution >= 0.6 is 46.4 Å².